The molecule has 138 valence electrons. The number of quaternary nitrogens is 1. The minimum absolute atomic E-state index is 0.222. The second kappa shape index (κ2) is 6.09. The van der Waals surface area contributed by atoms with Gasteiger partial charge in [-0.1, -0.05) is 0 Å². The van der Waals surface area contributed by atoms with Gasteiger partial charge in [-0.25, -0.2) is 0 Å². The normalized spacial score (nSPS) is 23.5. The molecule has 1 N–H and O–H groups in total. The van der Waals surface area contributed by atoms with Crippen molar-refractivity contribution >= 4 is 0 Å². The summed E-state index contributed by atoms with van der Waals surface area (Å²) in [5.74, 6) is 2.35. The zero-order chi connectivity index (χ0) is 18.5. The van der Waals surface area contributed by atoms with E-state index in [0.29, 0.717) is 11.8 Å². The first-order valence-corrected chi connectivity index (χ1v) is 8.97. The summed E-state index contributed by atoms with van der Waals surface area (Å²) in [6.45, 7) is 1.98. The van der Waals surface area contributed by atoms with Crippen molar-refractivity contribution in [2.45, 2.75) is 25.4 Å². The molecule has 0 amide bonds. The van der Waals surface area contributed by atoms with Crippen molar-refractivity contribution in [3.05, 3.63) is 46.5 Å². The van der Waals surface area contributed by atoms with Gasteiger partial charge in [-0.3, -0.25) is 0 Å². The molecule has 5 nitrogen and oxygen atoms in total. The summed E-state index contributed by atoms with van der Waals surface area (Å²) in [6, 6.07) is 8.50. The second-order valence-corrected chi connectivity index (χ2v) is 7.53. The van der Waals surface area contributed by atoms with Gasteiger partial charge in [0.2, 0.25) is 0 Å². The number of nitrogens with zero attached hydrogens (tertiary/aromatic N) is 1. The molecule has 2 atom stereocenters. The fourth-order valence-electron chi connectivity index (χ4n) is 4.60. The third-order valence-corrected chi connectivity index (χ3v) is 6.09. The average Bonchev–Trinajstić information content (AvgIpc) is 2.64. The number of methoxy groups -OCH3 is 3. The quantitative estimate of drug-likeness (QED) is 0.858. The fraction of sp³-hybridized carbons (Fsp3) is 0.429. The van der Waals surface area contributed by atoms with Gasteiger partial charge in [0.1, 0.15) is 12.6 Å². The molecule has 0 bridgehead atoms. The molecule has 5 heteroatoms. The van der Waals surface area contributed by atoms with Gasteiger partial charge in [-0.15, -0.1) is 0 Å². The van der Waals surface area contributed by atoms with Gasteiger partial charge < -0.3 is 23.8 Å². The van der Waals surface area contributed by atoms with Crippen LogP contribution < -0.4 is 14.2 Å². The SMILES string of the molecule is COc1cc2c(cc1O)C[N@+]1(C)CCc3cc(OC)c(OC)cc3[C@@H]1C2. The molecule has 4 rings (SSSR count). The van der Waals surface area contributed by atoms with Crippen LogP contribution in [0, 0.1) is 0 Å². The molecule has 2 aromatic rings. The smallest absolute Gasteiger partial charge is 0.161 e. The topological polar surface area (TPSA) is 47.9 Å². The molecule has 0 saturated heterocycles. The maximum atomic E-state index is 10.2. The molecule has 2 heterocycles. The lowest BCUT2D eigenvalue weighted by Crippen LogP contribution is -2.53. The number of fused-ring (bicyclic) bond motifs is 4. The van der Waals surface area contributed by atoms with Crippen molar-refractivity contribution in [1.82, 2.24) is 0 Å². The van der Waals surface area contributed by atoms with E-state index in [1.807, 2.05) is 12.1 Å². The molecule has 0 fully saturated rings. The van der Waals surface area contributed by atoms with Crippen molar-refractivity contribution in [2.75, 3.05) is 34.9 Å². The molecule has 0 aromatic heterocycles. The van der Waals surface area contributed by atoms with E-state index in [1.165, 1.54) is 22.3 Å². The van der Waals surface area contributed by atoms with Gasteiger partial charge in [0.25, 0.3) is 0 Å². The van der Waals surface area contributed by atoms with Gasteiger partial charge >= 0.3 is 0 Å². The number of benzene rings is 2. The van der Waals surface area contributed by atoms with Crippen molar-refractivity contribution < 1.29 is 23.8 Å². The van der Waals surface area contributed by atoms with Gasteiger partial charge in [-0.05, 0) is 35.4 Å². The van der Waals surface area contributed by atoms with E-state index in [1.54, 1.807) is 21.3 Å². The standard InChI is InChI=1S/C21H25NO4/c1-22-6-5-13-9-20(25-3)21(26-4)11-16(13)17(22)7-14-10-19(24-2)18(23)8-15(14)12-22/h8-11,17H,5-7,12H2,1-4H3/p+1/t17-,22-/m0/s1. The molecular formula is C21H26NO4+. The highest BCUT2D eigenvalue weighted by atomic mass is 16.5. The van der Waals surface area contributed by atoms with Crippen LogP contribution in [0.25, 0.3) is 0 Å². The minimum atomic E-state index is 0.222. The van der Waals surface area contributed by atoms with Crippen LogP contribution >= 0.6 is 0 Å². The number of hydrogen-bond acceptors (Lipinski definition) is 4. The van der Waals surface area contributed by atoms with Crippen LogP contribution in [0.1, 0.15) is 28.3 Å². The van der Waals surface area contributed by atoms with E-state index >= 15 is 0 Å². The first kappa shape index (κ1) is 17.0. The molecule has 0 saturated carbocycles. The Morgan fingerprint density at radius 1 is 0.885 bits per heavy atom. The maximum absolute atomic E-state index is 10.2. The van der Waals surface area contributed by atoms with Crippen LogP contribution in [0.5, 0.6) is 23.0 Å². The number of likely N-dealkylation sites (N-methyl/N-ethyl adjacent to an activating group) is 1. The van der Waals surface area contributed by atoms with Crippen LogP contribution in [0.15, 0.2) is 24.3 Å². The first-order valence-electron chi connectivity index (χ1n) is 8.97. The summed E-state index contributed by atoms with van der Waals surface area (Å²) < 4.78 is 17.3. The summed E-state index contributed by atoms with van der Waals surface area (Å²) in [7, 11) is 7.28. The zero-order valence-corrected chi connectivity index (χ0v) is 15.8. The Kier molecular flexibility index (Phi) is 3.99. The minimum Gasteiger partial charge on any atom is -0.504 e. The van der Waals surface area contributed by atoms with Gasteiger partial charge in [0, 0.05) is 24.0 Å². The molecule has 2 aliphatic heterocycles. The summed E-state index contributed by atoms with van der Waals surface area (Å²) in [6.07, 6.45) is 1.94. The second-order valence-electron chi connectivity index (χ2n) is 7.53. The summed E-state index contributed by atoms with van der Waals surface area (Å²) in [5.41, 5.74) is 5.15. The van der Waals surface area contributed by atoms with E-state index in [0.717, 1.165) is 41.9 Å². The Hall–Kier alpha value is -2.40. The molecular weight excluding hydrogens is 330 g/mol. The van der Waals surface area contributed by atoms with Crippen molar-refractivity contribution in [1.29, 1.82) is 0 Å². The molecule has 2 aliphatic rings. The van der Waals surface area contributed by atoms with Crippen LogP contribution in [0.3, 0.4) is 0 Å². The number of hydrogen-bond donors (Lipinski definition) is 1. The zero-order valence-electron chi connectivity index (χ0n) is 15.8. The number of rotatable bonds is 3. The number of phenolic OH excluding ortho intramolecular Hbond substituents is 1. The van der Waals surface area contributed by atoms with E-state index in [4.69, 9.17) is 14.2 Å². The Morgan fingerprint density at radius 3 is 2.23 bits per heavy atom. The maximum Gasteiger partial charge on any atom is 0.161 e. The molecule has 0 spiro atoms. The summed E-state index contributed by atoms with van der Waals surface area (Å²) >= 11 is 0. The Bertz CT molecular complexity index is 864. The predicted octanol–water partition coefficient (Wildman–Crippen LogP) is 3.22. The number of aromatic hydroxyl groups is 1. The van der Waals surface area contributed by atoms with Gasteiger partial charge in [0.05, 0.1) is 34.9 Å². The molecule has 0 aliphatic carbocycles. The third-order valence-electron chi connectivity index (χ3n) is 6.09. The monoisotopic (exact) mass is 356 g/mol. The fourth-order valence-corrected chi connectivity index (χ4v) is 4.60. The summed E-state index contributed by atoms with van der Waals surface area (Å²) in [4.78, 5) is 0. The first-order chi connectivity index (χ1) is 12.5. The van der Waals surface area contributed by atoms with E-state index in [-0.39, 0.29) is 5.75 Å². The van der Waals surface area contributed by atoms with Crippen LogP contribution in [-0.2, 0) is 19.4 Å². The Labute approximate surface area is 154 Å². The van der Waals surface area contributed by atoms with Gasteiger partial charge in [0.15, 0.2) is 23.0 Å². The molecule has 0 unspecified atom stereocenters. The van der Waals surface area contributed by atoms with Crippen LogP contribution in [-0.4, -0.2) is 44.5 Å². The molecule has 0 radical (unpaired) electrons. The highest BCUT2D eigenvalue weighted by Crippen LogP contribution is 2.47. The van der Waals surface area contributed by atoms with Crippen molar-refractivity contribution in [2.24, 2.45) is 0 Å². The third kappa shape index (κ3) is 2.50. The van der Waals surface area contributed by atoms with E-state index in [2.05, 4.69) is 19.2 Å². The summed E-state index contributed by atoms with van der Waals surface area (Å²) in [5, 5.41) is 10.2. The lowest BCUT2D eigenvalue weighted by atomic mass is 9.81. The number of ether oxygens (including phenoxy) is 3. The largest absolute Gasteiger partial charge is 0.504 e. The molecule has 26 heavy (non-hydrogen) atoms. The number of phenols is 1. The predicted molar refractivity (Wildman–Crippen MR) is 99.1 cm³/mol. The van der Waals surface area contributed by atoms with E-state index < -0.39 is 0 Å². The van der Waals surface area contributed by atoms with Crippen LogP contribution in [0.2, 0.25) is 0 Å². The average molecular weight is 356 g/mol. The highest BCUT2D eigenvalue weighted by Gasteiger charge is 2.43. The highest BCUT2D eigenvalue weighted by molar-refractivity contribution is 5.51. The lowest BCUT2D eigenvalue weighted by molar-refractivity contribution is -0.956. The Morgan fingerprint density at radius 2 is 1.54 bits per heavy atom. The molecule has 2 aromatic carbocycles. The van der Waals surface area contributed by atoms with Crippen molar-refractivity contribution in [3.8, 4) is 23.0 Å². The van der Waals surface area contributed by atoms with E-state index in [9.17, 15) is 5.11 Å². The van der Waals surface area contributed by atoms with Crippen molar-refractivity contribution in [3.63, 3.8) is 0 Å². The lowest BCUT2D eigenvalue weighted by Gasteiger charge is -2.49. The van der Waals surface area contributed by atoms with Gasteiger partial charge in [-0.2, -0.15) is 0 Å². The Balaban J connectivity index is 1.81. The van der Waals surface area contributed by atoms with Crippen LogP contribution in [0.4, 0.5) is 0 Å².